The van der Waals surface area contributed by atoms with Gasteiger partial charge in [0.1, 0.15) is 12.4 Å². The summed E-state index contributed by atoms with van der Waals surface area (Å²) in [5.41, 5.74) is 2.15. The van der Waals surface area contributed by atoms with Gasteiger partial charge < -0.3 is 14.6 Å². The molecule has 0 aliphatic heterocycles. The Balaban J connectivity index is 1.88. The molecule has 1 aromatic rings. The van der Waals surface area contributed by atoms with Crippen molar-refractivity contribution in [3.05, 3.63) is 29.3 Å². The molecule has 0 aromatic heterocycles. The molecule has 0 radical (unpaired) electrons. The summed E-state index contributed by atoms with van der Waals surface area (Å²) in [6.45, 7) is 7.25. The molecule has 1 unspecified atom stereocenters. The van der Waals surface area contributed by atoms with Gasteiger partial charge in [-0.15, -0.1) is 0 Å². The number of fused-ring (bicyclic) bond motifs is 1. The average molecular weight is 264 g/mol. The fourth-order valence-electron chi connectivity index (χ4n) is 2.36. The van der Waals surface area contributed by atoms with Gasteiger partial charge in [-0.2, -0.15) is 0 Å². The molecule has 0 saturated carbocycles. The third kappa shape index (κ3) is 4.22. The maximum absolute atomic E-state index is 9.90. The minimum atomic E-state index is -0.304. The average Bonchev–Trinajstić information content (AvgIpc) is 2.34. The summed E-state index contributed by atoms with van der Waals surface area (Å²) in [7, 11) is 0. The van der Waals surface area contributed by atoms with Crippen molar-refractivity contribution in [1.82, 2.24) is 0 Å². The number of hydrogen-bond donors (Lipinski definition) is 1. The Kier molecular flexibility index (Phi) is 4.48. The van der Waals surface area contributed by atoms with Crippen molar-refractivity contribution in [3.63, 3.8) is 0 Å². The first-order valence-electron chi connectivity index (χ1n) is 7.03. The van der Waals surface area contributed by atoms with Gasteiger partial charge in [0.05, 0.1) is 18.3 Å². The maximum Gasteiger partial charge on any atom is 0.119 e. The summed E-state index contributed by atoms with van der Waals surface area (Å²) >= 11 is 0. The van der Waals surface area contributed by atoms with E-state index in [1.807, 2.05) is 32.9 Å². The Morgan fingerprint density at radius 2 is 2.05 bits per heavy atom. The van der Waals surface area contributed by atoms with Gasteiger partial charge in [-0.1, -0.05) is 6.07 Å². The molecule has 19 heavy (non-hydrogen) atoms. The summed E-state index contributed by atoms with van der Waals surface area (Å²) in [4.78, 5) is 0. The first-order valence-corrected chi connectivity index (χ1v) is 7.03. The van der Waals surface area contributed by atoms with Crippen molar-refractivity contribution in [2.24, 2.45) is 0 Å². The van der Waals surface area contributed by atoms with Crippen LogP contribution in [0.2, 0.25) is 0 Å². The molecule has 0 spiro atoms. The molecule has 106 valence electrons. The van der Waals surface area contributed by atoms with Crippen LogP contribution >= 0.6 is 0 Å². The van der Waals surface area contributed by atoms with E-state index in [4.69, 9.17) is 9.47 Å². The van der Waals surface area contributed by atoms with Crippen LogP contribution in [0.3, 0.4) is 0 Å². The fourth-order valence-corrected chi connectivity index (χ4v) is 2.36. The summed E-state index contributed by atoms with van der Waals surface area (Å²) in [6, 6.07) is 5.97. The van der Waals surface area contributed by atoms with E-state index < -0.39 is 0 Å². The predicted molar refractivity (Wildman–Crippen MR) is 75.5 cm³/mol. The van der Waals surface area contributed by atoms with Crippen molar-refractivity contribution < 1.29 is 14.6 Å². The highest BCUT2D eigenvalue weighted by Gasteiger charge is 2.18. The van der Waals surface area contributed by atoms with Gasteiger partial charge >= 0.3 is 0 Å². The second-order valence-electron chi connectivity index (χ2n) is 6.08. The van der Waals surface area contributed by atoms with Crippen LogP contribution in [0, 0.1) is 0 Å². The number of benzene rings is 1. The number of ether oxygens (including phenoxy) is 2. The monoisotopic (exact) mass is 264 g/mol. The van der Waals surface area contributed by atoms with Gasteiger partial charge in [0.25, 0.3) is 0 Å². The Hall–Kier alpha value is -1.06. The standard InChI is InChI=1S/C16H24O3/c1-16(2,3)19-10-9-18-13-7-8-14-12(11-13)5-4-6-15(14)17/h7-8,11,15,17H,4-6,9-10H2,1-3H3. The number of aliphatic hydroxyl groups excluding tert-OH is 1. The van der Waals surface area contributed by atoms with E-state index in [9.17, 15) is 5.11 Å². The Morgan fingerprint density at radius 3 is 2.79 bits per heavy atom. The smallest absolute Gasteiger partial charge is 0.119 e. The predicted octanol–water partition coefficient (Wildman–Crippen LogP) is 3.25. The second-order valence-corrected chi connectivity index (χ2v) is 6.08. The van der Waals surface area contributed by atoms with E-state index in [1.165, 1.54) is 5.56 Å². The van der Waals surface area contributed by atoms with Crippen LogP contribution in [0.4, 0.5) is 0 Å². The molecule has 0 heterocycles. The van der Waals surface area contributed by atoms with Crippen molar-refractivity contribution in [1.29, 1.82) is 0 Å². The van der Waals surface area contributed by atoms with E-state index in [1.54, 1.807) is 0 Å². The van der Waals surface area contributed by atoms with Crippen molar-refractivity contribution >= 4 is 0 Å². The maximum atomic E-state index is 9.90. The van der Waals surface area contributed by atoms with Crippen molar-refractivity contribution in [2.75, 3.05) is 13.2 Å². The molecule has 3 heteroatoms. The zero-order valence-corrected chi connectivity index (χ0v) is 12.1. The van der Waals surface area contributed by atoms with E-state index in [-0.39, 0.29) is 11.7 Å². The molecule has 0 saturated heterocycles. The van der Waals surface area contributed by atoms with Crippen LogP contribution in [-0.2, 0) is 11.2 Å². The molecule has 1 aliphatic rings. The normalized spacial score (nSPS) is 19.1. The lowest BCUT2D eigenvalue weighted by molar-refractivity contribution is -0.0163. The molecular formula is C16H24O3. The van der Waals surface area contributed by atoms with Gasteiger partial charge in [0, 0.05) is 0 Å². The lowest BCUT2D eigenvalue weighted by Gasteiger charge is -2.22. The summed E-state index contributed by atoms with van der Waals surface area (Å²) < 4.78 is 11.3. The molecule has 1 atom stereocenters. The zero-order chi connectivity index (χ0) is 13.9. The summed E-state index contributed by atoms with van der Waals surface area (Å²) in [5, 5.41) is 9.90. The molecular weight excluding hydrogens is 240 g/mol. The highest BCUT2D eigenvalue weighted by molar-refractivity contribution is 5.38. The minimum absolute atomic E-state index is 0.122. The topological polar surface area (TPSA) is 38.7 Å². The minimum Gasteiger partial charge on any atom is -0.491 e. The van der Waals surface area contributed by atoms with Crippen LogP contribution in [0.25, 0.3) is 0 Å². The number of aryl methyl sites for hydroxylation is 1. The molecule has 0 bridgehead atoms. The van der Waals surface area contributed by atoms with E-state index in [0.29, 0.717) is 13.2 Å². The van der Waals surface area contributed by atoms with Gasteiger partial charge in [-0.3, -0.25) is 0 Å². The van der Waals surface area contributed by atoms with Crippen molar-refractivity contribution in [2.45, 2.75) is 51.7 Å². The first kappa shape index (κ1) is 14.4. The first-order chi connectivity index (χ1) is 8.96. The Labute approximate surface area is 115 Å². The van der Waals surface area contributed by atoms with E-state index in [0.717, 1.165) is 30.6 Å². The van der Waals surface area contributed by atoms with E-state index in [2.05, 4.69) is 6.07 Å². The highest BCUT2D eigenvalue weighted by atomic mass is 16.5. The van der Waals surface area contributed by atoms with Gasteiger partial charge in [0.15, 0.2) is 0 Å². The van der Waals surface area contributed by atoms with Gasteiger partial charge in [0.2, 0.25) is 0 Å². The number of hydrogen-bond acceptors (Lipinski definition) is 3. The number of aliphatic hydroxyl groups is 1. The number of rotatable bonds is 4. The molecule has 2 rings (SSSR count). The summed E-state index contributed by atoms with van der Waals surface area (Å²) in [6.07, 6.45) is 2.64. The van der Waals surface area contributed by atoms with Crippen LogP contribution in [0.1, 0.15) is 50.8 Å². The third-order valence-corrected chi connectivity index (χ3v) is 3.28. The zero-order valence-electron chi connectivity index (χ0n) is 12.1. The SMILES string of the molecule is CC(C)(C)OCCOc1ccc2c(c1)CCCC2O. The third-order valence-electron chi connectivity index (χ3n) is 3.28. The van der Waals surface area contributed by atoms with Gasteiger partial charge in [-0.05, 0) is 63.3 Å². The van der Waals surface area contributed by atoms with E-state index >= 15 is 0 Å². The Bertz CT molecular complexity index is 420. The molecule has 0 fully saturated rings. The Morgan fingerprint density at radius 1 is 1.26 bits per heavy atom. The quantitative estimate of drug-likeness (QED) is 0.848. The lowest BCUT2D eigenvalue weighted by atomic mass is 9.89. The van der Waals surface area contributed by atoms with Crippen LogP contribution in [0.5, 0.6) is 5.75 Å². The second kappa shape index (κ2) is 5.93. The lowest BCUT2D eigenvalue weighted by Crippen LogP contribution is -2.22. The summed E-state index contributed by atoms with van der Waals surface area (Å²) in [5.74, 6) is 0.866. The van der Waals surface area contributed by atoms with Crippen LogP contribution in [0.15, 0.2) is 18.2 Å². The molecule has 1 aliphatic carbocycles. The van der Waals surface area contributed by atoms with Gasteiger partial charge in [-0.25, -0.2) is 0 Å². The highest BCUT2D eigenvalue weighted by Crippen LogP contribution is 2.31. The molecule has 1 N–H and O–H groups in total. The molecule has 1 aromatic carbocycles. The fraction of sp³-hybridized carbons (Fsp3) is 0.625. The van der Waals surface area contributed by atoms with Crippen molar-refractivity contribution in [3.8, 4) is 5.75 Å². The molecule has 0 amide bonds. The van der Waals surface area contributed by atoms with Crippen LogP contribution in [-0.4, -0.2) is 23.9 Å². The molecule has 3 nitrogen and oxygen atoms in total. The van der Waals surface area contributed by atoms with Crippen LogP contribution < -0.4 is 4.74 Å². The largest absolute Gasteiger partial charge is 0.491 e.